The van der Waals surface area contributed by atoms with Crippen LogP contribution < -0.4 is 0 Å². The van der Waals surface area contributed by atoms with Crippen LogP contribution in [-0.2, 0) is 0 Å². The molecule has 2 heterocycles. The van der Waals surface area contributed by atoms with Gasteiger partial charge in [-0.25, -0.2) is 9.97 Å². The van der Waals surface area contributed by atoms with Crippen LogP contribution in [0.4, 0.5) is 0 Å². The highest BCUT2D eigenvalue weighted by Gasteiger charge is 2.10. The first-order valence-corrected chi connectivity index (χ1v) is 4.35. The van der Waals surface area contributed by atoms with Gasteiger partial charge >= 0.3 is 0 Å². The number of hydrogen-bond donors (Lipinski definition) is 0. The van der Waals surface area contributed by atoms with Crippen LogP contribution in [0, 0.1) is 13.8 Å². The highest BCUT2D eigenvalue weighted by molar-refractivity contribution is 9.10. The summed E-state index contributed by atoms with van der Waals surface area (Å²) in [6.45, 7) is 3.92. The molecule has 0 radical (unpaired) electrons. The Labute approximate surface area is 77.9 Å². The van der Waals surface area contributed by atoms with Crippen LogP contribution in [0.15, 0.2) is 15.3 Å². The number of fused-ring (bicyclic) bond motifs is 1. The SMILES string of the molecule is Cc1oc2ncnc(Br)c2c1C. The van der Waals surface area contributed by atoms with Crippen LogP contribution in [0.2, 0.25) is 0 Å². The second-order valence-corrected chi connectivity index (χ2v) is 3.38. The molecule has 0 saturated carbocycles. The molecule has 0 fully saturated rings. The molecular formula is C8H7BrN2O. The molecule has 0 spiro atoms. The second kappa shape index (κ2) is 2.55. The molecule has 2 aromatic heterocycles. The van der Waals surface area contributed by atoms with Crippen molar-refractivity contribution in [2.75, 3.05) is 0 Å². The summed E-state index contributed by atoms with van der Waals surface area (Å²) in [4.78, 5) is 8.04. The zero-order valence-corrected chi connectivity index (χ0v) is 8.34. The quantitative estimate of drug-likeness (QED) is 0.649. The predicted octanol–water partition coefficient (Wildman–Crippen LogP) is 2.60. The number of halogens is 1. The molecule has 2 rings (SSSR count). The van der Waals surface area contributed by atoms with E-state index in [1.807, 2.05) is 13.8 Å². The Bertz CT molecular complexity index is 436. The van der Waals surface area contributed by atoms with Crippen LogP contribution in [0.3, 0.4) is 0 Å². The average Bonchev–Trinajstić information content (AvgIpc) is 2.29. The van der Waals surface area contributed by atoms with Crippen LogP contribution in [0.5, 0.6) is 0 Å². The first-order valence-electron chi connectivity index (χ1n) is 3.56. The van der Waals surface area contributed by atoms with Gasteiger partial charge in [0, 0.05) is 5.56 Å². The van der Waals surface area contributed by atoms with Gasteiger partial charge in [-0.3, -0.25) is 0 Å². The van der Waals surface area contributed by atoms with Crippen molar-refractivity contribution in [3.8, 4) is 0 Å². The summed E-state index contributed by atoms with van der Waals surface area (Å²) in [5.41, 5.74) is 1.74. The zero-order chi connectivity index (χ0) is 8.72. The van der Waals surface area contributed by atoms with Gasteiger partial charge in [-0.15, -0.1) is 0 Å². The molecule has 0 saturated heterocycles. The van der Waals surface area contributed by atoms with E-state index in [0.29, 0.717) is 5.71 Å². The minimum absolute atomic E-state index is 0.645. The number of aromatic nitrogens is 2. The fourth-order valence-corrected chi connectivity index (χ4v) is 1.70. The summed E-state index contributed by atoms with van der Waals surface area (Å²) in [5, 5.41) is 0.968. The molecule has 0 atom stereocenters. The lowest BCUT2D eigenvalue weighted by Crippen LogP contribution is -1.80. The van der Waals surface area contributed by atoms with Crippen molar-refractivity contribution in [1.29, 1.82) is 0 Å². The summed E-state index contributed by atoms with van der Waals surface area (Å²) in [7, 11) is 0. The maximum Gasteiger partial charge on any atom is 0.230 e. The number of aryl methyl sites for hydroxylation is 2. The maximum atomic E-state index is 5.40. The van der Waals surface area contributed by atoms with E-state index in [1.165, 1.54) is 6.33 Å². The molecule has 0 aromatic carbocycles. The van der Waals surface area contributed by atoms with Crippen molar-refractivity contribution in [3.63, 3.8) is 0 Å². The van der Waals surface area contributed by atoms with Gasteiger partial charge in [-0.1, -0.05) is 0 Å². The van der Waals surface area contributed by atoms with E-state index >= 15 is 0 Å². The lowest BCUT2D eigenvalue weighted by Gasteiger charge is -1.90. The Morgan fingerprint density at radius 3 is 2.75 bits per heavy atom. The molecule has 0 bridgehead atoms. The Kier molecular flexibility index (Phi) is 1.65. The van der Waals surface area contributed by atoms with Crippen molar-refractivity contribution in [2.24, 2.45) is 0 Å². The van der Waals surface area contributed by atoms with Crippen LogP contribution in [-0.4, -0.2) is 9.97 Å². The van der Waals surface area contributed by atoms with Gasteiger partial charge in [0.25, 0.3) is 0 Å². The first kappa shape index (κ1) is 7.73. The zero-order valence-electron chi connectivity index (χ0n) is 6.76. The van der Waals surface area contributed by atoms with Gasteiger partial charge < -0.3 is 4.42 Å². The monoisotopic (exact) mass is 226 g/mol. The maximum absolute atomic E-state index is 5.40. The largest absolute Gasteiger partial charge is 0.443 e. The molecule has 2 aromatic rings. The molecule has 12 heavy (non-hydrogen) atoms. The summed E-state index contributed by atoms with van der Waals surface area (Å²) in [5.74, 6) is 0.895. The third kappa shape index (κ3) is 0.948. The Morgan fingerprint density at radius 1 is 1.33 bits per heavy atom. The van der Waals surface area contributed by atoms with E-state index in [4.69, 9.17) is 4.42 Å². The second-order valence-electron chi connectivity index (χ2n) is 2.63. The molecule has 3 nitrogen and oxygen atoms in total. The molecule has 0 N–H and O–H groups in total. The Balaban J connectivity index is 2.97. The molecule has 62 valence electrons. The van der Waals surface area contributed by atoms with Gasteiger partial charge in [0.15, 0.2) is 0 Å². The molecule has 0 aliphatic rings. The topological polar surface area (TPSA) is 38.9 Å². The summed E-state index contributed by atoms with van der Waals surface area (Å²) in [6, 6.07) is 0. The molecular weight excluding hydrogens is 220 g/mol. The molecule has 0 aliphatic carbocycles. The highest BCUT2D eigenvalue weighted by Crippen LogP contribution is 2.27. The van der Waals surface area contributed by atoms with Crippen molar-refractivity contribution < 1.29 is 4.42 Å². The number of hydrogen-bond acceptors (Lipinski definition) is 3. The first-order chi connectivity index (χ1) is 5.70. The lowest BCUT2D eigenvalue weighted by molar-refractivity contribution is 0.563. The highest BCUT2D eigenvalue weighted by atomic mass is 79.9. The summed E-state index contributed by atoms with van der Waals surface area (Å²) < 4.78 is 6.19. The Morgan fingerprint density at radius 2 is 2.08 bits per heavy atom. The number of rotatable bonds is 0. The van der Waals surface area contributed by atoms with Gasteiger partial charge in [0.05, 0.1) is 5.39 Å². The van der Waals surface area contributed by atoms with Crippen LogP contribution >= 0.6 is 15.9 Å². The normalized spacial score (nSPS) is 10.9. The van der Waals surface area contributed by atoms with E-state index in [2.05, 4.69) is 25.9 Å². The van der Waals surface area contributed by atoms with Crippen molar-refractivity contribution >= 4 is 27.0 Å². The minimum Gasteiger partial charge on any atom is -0.443 e. The summed E-state index contributed by atoms with van der Waals surface area (Å²) in [6.07, 6.45) is 1.48. The third-order valence-corrected chi connectivity index (χ3v) is 2.52. The van der Waals surface area contributed by atoms with Crippen molar-refractivity contribution in [3.05, 3.63) is 22.3 Å². The van der Waals surface area contributed by atoms with E-state index in [-0.39, 0.29) is 0 Å². The molecule has 0 unspecified atom stereocenters. The van der Waals surface area contributed by atoms with Gasteiger partial charge in [-0.05, 0) is 29.8 Å². The van der Waals surface area contributed by atoms with E-state index in [0.717, 1.165) is 21.3 Å². The molecule has 0 aliphatic heterocycles. The Hall–Kier alpha value is -0.900. The molecule has 4 heteroatoms. The lowest BCUT2D eigenvalue weighted by atomic mass is 10.2. The van der Waals surface area contributed by atoms with Gasteiger partial charge in [0.1, 0.15) is 16.7 Å². The summed E-state index contributed by atoms with van der Waals surface area (Å²) >= 11 is 3.35. The van der Waals surface area contributed by atoms with E-state index < -0.39 is 0 Å². The van der Waals surface area contributed by atoms with Crippen molar-refractivity contribution in [1.82, 2.24) is 9.97 Å². The smallest absolute Gasteiger partial charge is 0.230 e. The van der Waals surface area contributed by atoms with Gasteiger partial charge in [0.2, 0.25) is 5.71 Å². The van der Waals surface area contributed by atoms with Crippen molar-refractivity contribution in [2.45, 2.75) is 13.8 Å². The fourth-order valence-electron chi connectivity index (χ4n) is 1.14. The van der Waals surface area contributed by atoms with E-state index in [9.17, 15) is 0 Å². The van der Waals surface area contributed by atoms with Crippen LogP contribution in [0.1, 0.15) is 11.3 Å². The van der Waals surface area contributed by atoms with Gasteiger partial charge in [-0.2, -0.15) is 0 Å². The third-order valence-electron chi connectivity index (χ3n) is 1.92. The fraction of sp³-hybridized carbons (Fsp3) is 0.250. The molecule has 0 amide bonds. The van der Waals surface area contributed by atoms with E-state index in [1.54, 1.807) is 0 Å². The predicted molar refractivity (Wildman–Crippen MR) is 49.0 cm³/mol. The number of nitrogens with zero attached hydrogens (tertiary/aromatic N) is 2. The number of furan rings is 1. The average molecular weight is 227 g/mol. The van der Waals surface area contributed by atoms with Crippen LogP contribution in [0.25, 0.3) is 11.1 Å². The minimum atomic E-state index is 0.645. The standard InChI is InChI=1S/C8H7BrN2O/c1-4-5(2)12-8-6(4)7(9)10-3-11-8/h3H,1-2H3.